The van der Waals surface area contributed by atoms with E-state index in [-0.39, 0.29) is 45.9 Å². The molecule has 664 valence electrons. The van der Waals surface area contributed by atoms with Crippen molar-refractivity contribution in [2.24, 2.45) is 21.1 Å². The summed E-state index contributed by atoms with van der Waals surface area (Å²) in [4.78, 5) is 108. The maximum atomic E-state index is 13.2. The van der Waals surface area contributed by atoms with Gasteiger partial charge in [-0.3, -0.25) is 33.7 Å². The lowest BCUT2D eigenvalue weighted by molar-refractivity contribution is 0.102. The minimum atomic E-state index is -2.97. The molecule has 0 atom stereocenters. The molecule has 3 aromatic carbocycles. The van der Waals surface area contributed by atoms with E-state index in [9.17, 15) is 37.2 Å². The third-order valence-electron chi connectivity index (χ3n) is 25.5. The van der Waals surface area contributed by atoms with Gasteiger partial charge in [0.1, 0.15) is 34.5 Å². The molecule has 1 saturated carbocycles. The molecule has 0 radical (unpaired) electrons. The summed E-state index contributed by atoms with van der Waals surface area (Å²) >= 11 is 4.85. The molecule has 7 aliphatic rings. The van der Waals surface area contributed by atoms with Crippen molar-refractivity contribution in [2.45, 2.75) is 136 Å². The Balaban J connectivity index is 0.000000135. The molecule has 25 nitrogen and oxygen atoms in total. The molecular weight excluding hydrogens is 1690 g/mol. The largest absolute Gasteiger partial charge is 0.380 e. The number of rotatable bonds is 19. The van der Waals surface area contributed by atoms with Crippen molar-refractivity contribution in [3.8, 4) is 33.4 Å². The van der Waals surface area contributed by atoms with Gasteiger partial charge in [-0.2, -0.15) is 0 Å². The standard InChI is InChI=1S/C34H38N6O2S.C33H37N5O3S.C32H35N5O4S2/c1-22-27(7-5-8-28(22)37-33(41)31-19-23-6-3-4-9-30(23)43-31)24-18-29(34(42)38(2)21-24)36-32-13-12-26(20-35-32)40-16-14-39(15-17-40)25-10-11-25;1-22-26(9-6-10-27(22)36-32(39)30-19-23-8-4-3-5-11-29(23)42-30)24-18-28(33(40)37(2)21-24)35-31-13-12-25(20-34-31)38-14-7-16-41-17-15-38;1-21-25(8-6-9-26(21)35-31(38)29-18-22-7-4-3-5-10-28(22)42-29)23-17-27(32(39)36(2)20-23)34-30-12-11-24(19-33-30)37-13-15-43(40,41)16-14-37/h5,7-8,12-13,18-21,25H,3-4,6,9-11,14-17H2,1-2H3,(H,35,36)(H,37,41);6,9-10,12-13,18-21H,3-5,7-8,11,14-17H2,1-2H3,(H,34,35)(H,36,39);6,8-9,11-12,17-20H,3-5,7,10,13-16H2,1-2H3,(H,33,34)(H,35,38). The number of hydrogen-bond acceptors (Lipinski definition) is 22. The Labute approximate surface area is 758 Å². The van der Waals surface area contributed by atoms with E-state index in [0.29, 0.717) is 54.2 Å². The lowest BCUT2D eigenvalue weighted by atomic mass is 9.99. The fourth-order valence-electron chi connectivity index (χ4n) is 17.9. The number of fused-ring (bicyclic) bond motifs is 3. The van der Waals surface area contributed by atoms with E-state index < -0.39 is 9.84 Å². The molecule has 3 saturated heterocycles. The second kappa shape index (κ2) is 39.4. The van der Waals surface area contributed by atoms with Crippen molar-refractivity contribution in [1.29, 1.82) is 0 Å². The number of anilines is 12. The number of carbonyl (C=O) groups is 3. The zero-order valence-electron chi connectivity index (χ0n) is 73.5. The van der Waals surface area contributed by atoms with Gasteiger partial charge in [-0.15, -0.1) is 34.0 Å². The van der Waals surface area contributed by atoms with Crippen LogP contribution >= 0.6 is 34.0 Å². The Morgan fingerprint density at radius 3 is 1.11 bits per heavy atom. The SMILES string of the molecule is Cc1c(NC(=O)c2cc3c(s2)CCCC3)cccc1-c1cc(Nc2ccc(N3CCN(C4CC4)CC3)cn2)c(=O)n(C)c1.Cc1c(NC(=O)c2cc3c(s2)CCCCC3)cccc1-c1cc(Nc2ccc(N3CCCOCC3)cn2)c(=O)n(C)c1.Cc1c(NC(=O)c2cc3c(s2)CCCCC3)cccc1-c1cc(Nc2ccc(N3CCS(=O)(=O)CC3)cn2)c(=O)n(C)c1. The van der Waals surface area contributed by atoms with Gasteiger partial charge in [0.15, 0.2) is 9.84 Å². The number of thiophene rings is 3. The topological polar surface area (TPSA) is 284 Å². The fraction of sp³-hybridized carbons (Fsp3) is 0.364. The van der Waals surface area contributed by atoms with Crippen molar-refractivity contribution >= 4 is 130 Å². The van der Waals surface area contributed by atoms with E-state index in [0.717, 1.165) is 196 Å². The number of nitrogens with zero attached hydrogens (tertiary/aromatic N) is 10. The van der Waals surface area contributed by atoms with Crippen LogP contribution in [0.25, 0.3) is 33.4 Å². The van der Waals surface area contributed by atoms with Crippen LogP contribution in [0.2, 0.25) is 0 Å². The Hall–Kier alpha value is -11.9. The predicted molar refractivity (Wildman–Crippen MR) is 519 cm³/mol. The number of benzene rings is 3. The summed E-state index contributed by atoms with van der Waals surface area (Å²) in [5.41, 5.74) is 18.2. The Morgan fingerprint density at radius 2 is 0.742 bits per heavy atom. The van der Waals surface area contributed by atoms with Gasteiger partial charge < -0.3 is 65.0 Å². The third-order valence-corrected chi connectivity index (χ3v) is 30.8. The number of pyridine rings is 6. The first-order valence-electron chi connectivity index (χ1n) is 44.7. The molecule has 12 heterocycles. The van der Waals surface area contributed by atoms with Crippen LogP contribution in [0.15, 0.2) is 179 Å². The van der Waals surface area contributed by atoms with E-state index in [1.807, 2.05) is 141 Å². The summed E-state index contributed by atoms with van der Waals surface area (Å²) < 4.78 is 33.8. The average molecular weight is 1800 g/mol. The van der Waals surface area contributed by atoms with Crippen LogP contribution in [0.5, 0.6) is 0 Å². The van der Waals surface area contributed by atoms with Crippen LogP contribution in [-0.2, 0) is 74.2 Å². The molecule has 12 aromatic rings. The van der Waals surface area contributed by atoms with Gasteiger partial charge in [-0.1, -0.05) is 49.2 Å². The second-order valence-electron chi connectivity index (χ2n) is 34.4. The molecule has 0 unspecified atom stereocenters. The molecule has 9 aromatic heterocycles. The number of hydrogen-bond donors (Lipinski definition) is 6. The van der Waals surface area contributed by atoms with Crippen LogP contribution in [0.4, 0.5) is 68.6 Å². The number of amides is 3. The van der Waals surface area contributed by atoms with Crippen molar-refractivity contribution in [2.75, 3.05) is 124 Å². The molecule has 3 amide bonds. The normalized spacial score (nSPS) is 16.2. The van der Waals surface area contributed by atoms with Crippen molar-refractivity contribution in [3.63, 3.8) is 0 Å². The molecule has 29 heteroatoms. The number of sulfone groups is 1. The maximum absolute atomic E-state index is 13.2. The summed E-state index contributed by atoms with van der Waals surface area (Å²) in [7, 11) is 2.25. The number of nitrogens with one attached hydrogen (secondary N) is 6. The Bertz CT molecular complexity index is 6330. The lowest BCUT2D eigenvalue weighted by Gasteiger charge is -2.36. The van der Waals surface area contributed by atoms with Gasteiger partial charge in [-0.25, -0.2) is 23.4 Å². The van der Waals surface area contributed by atoms with E-state index in [4.69, 9.17) is 4.74 Å². The molecule has 128 heavy (non-hydrogen) atoms. The minimum Gasteiger partial charge on any atom is -0.380 e. The van der Waals surface area contributed by atoms with Crippen LogP contribution in [0.1, 0.15) is 148 Å². The molecule has 3 aliphatic heterocycles. The average Bonchev–Trinajstić information content (AvgIpc) is 1.54. The van der Waals surface area contributed by atoms with Gasteiger partial charge in [-0.05, 0) is 258 Å². The van der Waals surface area contributed by atoms with E-state index >= 15 is 0 Å². The highest BCUT2D eigenvalue weighted by Crippen LogP contribution is 2.39. The molecular formula is C99H110N16O9S4. The number of aryl methyl sites for hydroxylation is 9. The van der Waals surface area contributed by atoms with E-state index in [2.05, 4.69) is 85.8 Å². The first kappa shape index (κ1) is 88.2. The monoisotopic (exact) mass is 1790 g/mol. The van der Waals surface area contributed by atoms with Crippen LogP contribution < -0.4 is 63.3 Å². The van der Waals surface area contributed by atoms with E-state index in [1.165, 1.54) is 100 Å². The zero-order valence-corrected chi connectivity index (χ0v) is 76.7. The zero-order chi connectivity index (χ0) is 88.7. The molecule has 19 rings (SSSR count). The summed E-state index contributed by atoms with van der Waals surface area (Å²) in [5.74, 6) is 1.78. The first-order valence-corrected chi connectivity index (χ1v) is 49.0. The highest BCUT2D eigenvalue weighted by molar-refractivity contribution is 7.91. The highest BCUT2D eigenvalue weighted by Gasteiger charge is 2.32. The highest BCUT2D eigenvalue weighted by atomic mass is 32.2. The Kier molecular flexibility index (Phi) is 27.1. The summed E-state index contributed by atoms with van der Waals surface area (Å²) in [6, 6.07) is 41.7. The summed E-state index contributed by atoms with van der Waals surface area (Å²) in [6.45, 7) is 14.4. The van der Waals surface area contributed by atoms with Crippen molar-refractivity contribution < 1.29 is 27.5 Å². The van der Waals surface area contributed by atoms with Crippen LogP contribution in [0.3, 0.4) is 0 Å². The third kappa shape index (κ3) is 20.8. The number of carbonyl (C=O) groups excluding carboxylic acids is 3. The second-order valence-corrected chi connectivity index (χ2v) is 40.1. The van der Waals surface area contributed by atoms with Gasteiger partial charge in [0.25, 0.3) is 34.4 Å². The lowest BCUT2D eigenvalue weighted by Crippen LogP contribution is -2.47. The fourth-order valence-corrected chi connectivity index (χ4v) is 22.6. The number of aromatic nitrogens is 6. The molecule has 4 aliphatic carbocycles. The number of piperazine rings is 1. The maximum Gasteiger partial charge on any atom is 0.274 e. The smallest absolute Gasteiger partial charge is 0.274 e. The quantitative estimate of drug-likeness (QED) is 0.0410. The van der Waals surface area contributed by atoms with Crippen molar-refractivity contribution in [1.82, 2.24) is 33.6 Å². The predicted octanol–water partition coefficient (Wildman–Crippen LogP) is 17.6. The molecule has 6 N–H and O–H groups in total. The first-order chi connectivity index (χ1) is 62.0. The van der Waals surface area contributed by atoms with Crippen LogP contribution in [0, 0.1) is 20.8 Å². The van der Waals surface area contributed by atoms with Gasteiger partial charge in [0, 0.05) is 153 Å². The van der Waals surface area contributed by atoms with Crippen molar-refractivity contribution in [3.05, 3.63) is 258 Å². The van der Waals surface area contributed by atoms with E-state index in [1.54, 1.807) is 88.8 Å². The molecule has 0 bridgehead atoms. The van der Waals surface area contributed by atoms with Gasteiger partial charge in [0.05, 0.1) is 68.4 Å². The molecule has 0 spiro atoms. The van der Waals surface area contributed by atoms with Crippen LogP contribution in [-0.4, -0.2) is 143 Å². The molecule has 4 fully saturated rings. The summed E-state index contributed by atoms with van der Waals surface area (Å²) in [5, 5.41) is 19.0. The Morgan fingerprint density at radius 1 is 0.391 bits per heavy atom. The minimum absolute atomic E-state index is 0.0678. The number of ether oxygens (including phenoxy) is 1. The van der Waals surface area contributed by atoms with Gasteiger partial charge in [0.2, 0.25) is 0 Å². The van der Waals surface area contributed by atoms with Gasteiger partial charge >= 0.3 is 0 Å². The summed E-state index contributed by atoms with van der Waals surface area (Å²) in [6.07, 6.45) is 30.6.